The molecule has 1 atom stereocenters. The summed E-state index contributed by atoms with van der Waals surface area (Å²) in [7, 11) is 2.18. The number of benzene rings is 1. The van der Waals surface area contributed by atoms with Gasteiger partial charge in [0.25, 0.3) is 0 Å². The lowest BCUT2D eigenvalue weighted by Crippen LogP contribution is -2.31. The van der Waals surface area contributed by atoms with Gasteiger partial charge in [0.2, 0.25) is 0 Å². The molecule has 0 radical (unpaired) electrons. The molecule has 3 heteroatoms. The van der Waals surface area contributed by atoms with Crippen molar-refractivity contribution in [1.82, 2.24) is 4.90 Å². The van der Waals surface area contributed by atoms with Crippen molar-refractivity contribution >= 4 is 22.6 Å². The number of rotatable bonds is 3. The zero-order valence-electron chi connectivity index (χ0n) is 8.95. The van der Waals surface area contributed by atoms with Crippen molar-refractivity contribution in [3.8, 4) is 0 Å². The molecular weight excluding hydrogens is 301 g/mol. The van der Waals surface area contributed by atoms with Crippen LogP contribution < -0.4 is 0 Å². The van der Waals surface area contributed by atoms with Crippen molar-refractivity contribution in [2.24, 2.45) is 0 Å². The Morgan fingerprint density at radius 3 is 2.73 bits per heavy atom. The smallest absolute Gasteiger partial charge is 0.0622 e. The van der Waals surface area contributed by atoms with E-state index in [2.05, 4.69) is 58.8 Å². The predicted molar refractivity (Wildman–Crippen MR) is 69.9 cm³/mol. The number of hydrogen-bond acceptors (Lipinski definition) is 2. The van der Waals surface area contributed by atoms with Crippen LogP contribution in [0.4, 0.5) is 0 Å². The topological polar surface area (TPSA) is 12.5 Å². The molecule has 0 saturated carbocycles. The van der Waals surface area contributed by atoms with Crippen LogP contribution in [-0.2, 0) is 11.3 Å². The van der Waals surface area contributed by atoms with Crippen LogP contribution in [-0.4, -0.2) is 31.2 Å². The zero-order valence-corrected chi connectivity index (χ0v) is 11.1. The summed E-state index contributed by atoms with van der Waals surface area (Å²) in [6, 6.07) is 9.33. The molecule has 1 aromatic carbocycles. The minimum absolute atomic E-state index is 0.601. The minimum atomic E-state index is 0.601. The fourth-order valence-corrected chi connectivity index (χ4v) is 2.24. The molecule has 0 amide bonds. The highest BCUT2D eigenvalue weighted by Crippen LogP contribution is 2.14. The van der Waals surface area contributed by atoms with Crippen LogP contribution in [0.5, 0.6) is 0 Å². The normalized spacial score (nSPS) is 21.1. The van der Waals surface area contributed by atoms with Crippen molar-refractivity contribution in [2.75, 3.05) is 20.3 Å². The van der Waals surface area contributed by atoms with E-state index in [0.717, 1.165) is 19.8 Å². The maximum absolute atomic E-state index is 5.39. The maximum Gasteiger partial charge on any atom is 0.0622 e. The molecule has 1 fully saturated rings. The van der Waals surface area contributed by atoms with Gasteiger partial charge in [0.05, 0.1) is 6.61 Å². The Hall–Kier alpha value is -0.130. The highest BCUT2D eigenvalue weighted by atomic mass is 127. The van der Waals surface area contributed by atoms with Crippen molar-refractivity contribution < 1.29 is 4.74 Å². The Morgan fingerprint density at radius 2 is 2.13 bits per heavy atom. The van der Waals surface area contributed by atoms with Crippen molar-refractivity contribution in [1.29, 1.82) is 0 Å². The largest absolute Gasteiger partial charge is 0.380 e. The summed E-state index contributed by atoms with van der Waals surface area (Å²) in [6.45, 7) is 2.83. The fourth-order valence-electron chi connectivity index (χ4n) is 1.88. The first-order valence-electron chi connectivity index (χ1n) is 5.28. The van der Waals surface area contributed by atoms with E-state index in [9.17, 15) is 0 Å². The third-order valence-corrected chi connectivity index (χ3v) is 3.59. The number of halogens is 1. The molecule has 0 N–H and O–H groups in total. The second-order valence-corrected chi connectivity index (χ2v) is 5.30. The average molecular weight is 317 g/mol. The Morgan fingerprint density at radius 1 is 1.40 bits per heavy atom. The molecule has 1 aliphatic heterocycles. The van der Waals surface area contributed by atoms with Crippen LogP contribution in [0, 0.1) is 3.57 Å². The Bertz CT molecular complexity index is 306. The predicted octanol–water partition coefficient (Wildman–Crippen LogP) is 2.51. The van der Waals surface area contributed by atoms with E-state index in [1.54, 1.807) is 0 Å². The quantitative estimate of drug-likeness (QED) is 0.795. The molecule has 1 heterocycles. The van der Waals surface area contributed by atoms with E-state index in [-0.39, 0.29) is 0 Å². The summed E-state index contributed by atoms with van der Waals surface area (Å²) in [5.41, 5.74) is 1.38. The summed E-state index contributed by atoms with van der Waals surface area (Å²) in [4.78, 5) is 2.38. The summed E-state index contributed by atoms with van der Waals surface area (Å²) in [5.74, 6) is 0. The van der Waals surface area contributed by atoms with Crippen molar-refractivity contribution in [2.45, 2.75) is 19.0 Å². The first-order chi connectivity index (χ1) is 7.25. The first-order valence-corrected chi connectivity index (χ1v) is 6.36. The van der Waals surface area contributed by atoms with Crippen LogP contribution in [0.1, 0.15) is 12.0 Å². The van der Waals surface area contributed by atoms with Gasteiger partial charge < -0.3 is 4.74 Å². The van der Waals surface area contributed by atoms with Gasteiger partial charge >= 0.3 is 0 Å². The standard InChI is InChI=1S/C12H16INO/c1-14(12-6-7-15-9-12)8-10-2-4-11(13)5-3-10/h2-5,12H,6-9H2,1H3. The van der Waals surface area contributed by atoms with Gasteiger partial charge in [-0.15, -0.1) is 0 Å². The highest BCUT2D eigenvalue weighted by molar-refractivity contribution is 14.1. The van der Waals surface area contributed by atoms with Crippen LogP contribution in [0.25, 0.3) is 0 Å². The van der Waals surface area contributed by atoms with Crippen molar-refractivity contribution in [3.05, 3.63) is 33.4 Å². The lowest BCUT2D eigenvalue weighted by atomic mass is 10.1. The summed E-state index contributed by atoms with van der Waals surface area (Å²) in [5, 5.41) is 0. The Balaban J connectivity index is 1.92. The highest BCUT2D eigenvalue weighted by Gasteiger charge is 2.19. The number of likely N-dealkylation sites (N-methyl/N-ethyl adjacent to an activating group) is 1. The molecule has 1 aliphatic rings. The SMILES string of the molecule is CN(Cc1ccc(I)cc1)C1CCOC1. The lowest BCUT2D eigenvalue weighted by molar-refractivity contribution is 0.156. The second kappa shape index (κ2) is 5.27. The molecule has 2 rings (SSSR count). The number of nitrogens with zero attached hydrogens (tertiary/aromatic N) is 1. The Labute approximate surface area is 105 Å². The molecule has 0 spiro atoms. The van der Waals surface area contributed by atoms with Gasteiger partial charge in [-0.3, -0.25) is 4.90 Å². The summed E-state index contributed by atoms with van der Waals surface area (Å²) < 4.78 is 6.69. The van der Waals surface area contributed by atoms with Gasteiger partial charge in [0.15, 0.2) is 0 Å². The van der Waals surface area contributed by atoms with E-state index in [0.29, 0.717) is 6.04 Å². The van der Waals surface area contributed by atoms with E-state index in [1.807, 2.05) is 0 Å². The van der Waals surface area contributed by atoms with Gasteiger partial charge in [-0.1, -0.05) is 12.1 Å². The molecule has 0 aliphatic carbocycles. The van der Waals surface area contributed by atoms with Crippen LogP contribution >= 0.6 is 22.6 Å². The van der Waals surface area contributed by atoms with E-state index in [1.165, 1.54) is 15.6 Å². The van der Waals surface area contributed by atoms with Gasteiger partial charge in [-0.2, -0.15) is 0 Å². The van der Waals surface area contributed by atoms with Gasteiger partial charge in [-0.25, -0.2) is 0 Å². The van der Waals surface area contributed by atoms with E-state index in [4.69, 9.17) is 4.74 Å². The number of hydrogen-bond donors (Lipinski definition) is 0. The molecule has 0 aromatic heterocycles. The molecule has 82 valence electrons. The molecular formula is C12H16INO. The summed E-state index contributed by atoms with van der Waals surface area (Å²) in [6.07, 6.45) is 1.17. The van der Waals surface area contributed by atoms with E-state index >= 15 is 0 Å². The fraction of sp³-hybridized carbons (Fsp3) is 0.500. The van der Waals surface area contributed by atoms with Gasteiger partial charge in [-0.05, 0) is 53.8 Å². The second-order valence-electron chi connectivity index (χ2n) is 4.06. The molecule has 2 nitrogen and oxygen atoms in total. The van der Waals surface area contributed by atoms with Crippen LogP contribution in [0.15, 0.2) is 24.3 Å². The third kappa shape index (κ3) is 3.16. The zero-order chi connectivity index (χ0) is 10.7. The monoisotopic (exact) mass is 317 g/mol. The average Bonchev–Trinajstić information content (AvgIpc) is 2.74. The van der Waals surface area contributed by atoms with Crippen LogP contribution in [0.2, 0.25) is 0 Å². The molecule has 1 unspecified atom stereocenters. The Kier molecular flexibility index (Phi) is 3.99. The van der Waals surface area contributed by atoms with Gasteiger partial charge in [0.1, 0.15) is 0 Å². The van der Waals surface area contributed by atoms with Crippen LogP contribution in [0.3, 0.4) is 0 Å². The maximum atomic E-state index is 5.39. The van der Waals surface area contributed by atoms with Gasteiger partial charge in [0, 0.05) is 22.8 Å². The molecule has 1 saturated heterocycles. The first kappa shape index (κ1) is 11.4. The number of ether oxygens (including phenoxy) is 1. The summed E-state index contributed by atoms with van der Waals surface area (Å²) >= 11 is 2.33. The third-order valence-electron chi connectivity index (χ3n) is 2.87. The lowest BCUT2D eigenvalue weighted by Gasteiger charge is -2.22. The van der Waals surface area contributed by atoms with E-state index < -0.39 is 0 Å². The minimum Gasteiger partial charge on any atom is -0.380 e. The molecule has 15 heavy (non-hydrogen) atoms. The van der Waals surface area contributed by atoms with Crippen molar-refractivity contribution in [3.63, 3.8) is 0 Å². The molecule has 0 bridgehead atoms. The molecule has 1 aromatic rings.